The summed E-state index contributed by atoms with van der Waals surface area (Å²) in [6, 6.07) is 0.722. The SMILES string of the molecule is O=C(O)CCC(NC(=O)C(CC(=O)O)NC(=O)C(Cc1ccc(O)cc1)NC(=O)C1CCCN1)C(=O)O. The molecule has 4 unspecified atom stereocenters. The van der Waals surface area contributed by atoms with Crippen LogP contribution in [0.25, 0.3) is 0 Å². The quantitative estimate of drug-likeness (QED) is 0.141. The van der Waals surface area contributed by atoms with Crippen LogP contribution in [-0.4, -0.2) is 86.8 Å². The van der Waals surface area contributed by atoms with E-state index in [4.69, 9.17) is 5.11 Å². The number of hydrogen-bond acceptors (Lipinski definition) is 8. The largest absolute Gasteiger partial charge is 0.508 e. The monoisotopic (exact) mass is 522 g/mol. The number of aromatic hydroxyl groups is 1. The summed E-state index contributed by atoms with van der Waals surface area (Å²) in [6.07, 6.45) is -0.660. The summed E-state index contributed by atoms with van der Waals surface area (Å²) in [6.45, 7) is 0.625. The van der Waals surface area contributed by atoms with Gasteiger partial charge in [-0.15, -0.1) is 0 Å². The number of phenolic OH excluding ortho intramolecular Hbond substituents is 1. The van der Waals surface area contributed by atoms with Gasteiger partial charge in [0.25, 0.3) is 0 Å². The Morgan fingerprint density at radius 3 is 2.03 bits per heavy atom. The average molecular weight is 523 g/mol. The predicted molar refractivity (Wildman–Crippen MR) is 125 cm³/mol. The van der Waals surface area contributed by atoms with Crippen molar-refractivity contribution in [2.45, 2.75) is 62.7 Å². The molecule has 0 spiro atoms. The van der Waals surface area contributed by atoms with E-state index in [-0.39, 0.29) is 12.2 Å². The molecule has 1 saturated heterocycles. The lowest BCUT2D eigenvalue weighted by atomic mass is 10.0. The van der Waals surface area contributed by atoms with Crippen LogP contribution < -0.4 is 21.3 Å². The van der Waals surface area contributed by atoms with E-state index < -0.39 is 79.1 Å². The second kappa shape index (κ2) is 13.8. The Labute approximate surface area is 211 Å². The fourth-order valence-corrected chi connectivity index (χ4v) is 3.71. The summed E-state index contributed by atoms with van der Waals surface area (Å²) in [5, 5.41) is 46.7. The third-order valence-electron chi connectivity index (χ3n) is 5.66. The Kier molecular flexibility index (Phi) is 10.8. The number of carboxylic acids is 3. The number of rotatable bonds is 14. The highest BCUT2D eigenvalue weighted by Gasteiger charge is 2.32. The minimum absolute atomic E-state index is 0.0157. The molecular formula is C23H30N4O10. The maximum absolute atomic E-state index is 13.1. The van der Waals surface area contributed by atoms with Gasteiger partial charge in [-0.25, -0.2) is 4.79 Å². The van der Waals surface area contributed by atoms with E-state index in [1.54, 1.807) is 0 Å². The van der Waals surface area contributed by atoms with Crippen molar-refractivity contribution in [1.29, 1.82) is 0 Å². The zero-order chi connectivity index (χ0) is 27.5. The highest BCUT2D eigenvalue weighted by atomic mass is 16.4. The molecule has 37 heavy (non-hydrogen) atoms. The molecule has 202 valence electrons. The third kappa shape index (κ3) is 9.76. The van der Waals surface area contributed by atoms with Gasteiger partial charge in [-0.05, 0) is 43.5 Å². The van der Waals surface area contributed by atoms with Crippen molar-refractivity contribution in [3.8, 4) is 5.75 Å². The van der Waals surface area contributed by atoms with Crippen molar-refractivity contribution in [3.05, 3.63) is 29.8 Å². The van der Waals surface area contributed by atoms with Gasteiger partial charge in [-0.3, -0.25) is 24.0 Å². The number of carboxylic acid groups (broad SMARTS) is 3. The molecule has 0 aliphatic carbocycles. The standard InChI is InChI=1S/C23H30N4O10/c28-13-5-3-12(4-6-13)10-16(26-20(33)14-2-1-9-24-14)21(34)27-17(11-19(31)32)22(35)25-15(23(36)37)7-8-18(29)30/h3-6,14-17,24,28H,1-2,7-11H2,(H,25,35)(H,26,33)(H,27,34)(H,29,30)(H,31,32)(H,36,37). The topological polar surface area (TPSA) is 231 Å². The lowest BCUT2D eigenvalue weighted by molar-refractivity contribution is -0.144. The van der Waals surface area contributed by atoms with Gasteiger partial charge in [0, 0.05) is 12.8 Å². The first-order valence-electron chi connectivity index (χ1n) is 11.5. The molecule has 1 aromatic carbocycles. The Balaban J connectivity index is 2.19. The molecule has 1 fully saturated rings. The van der Waals surface area contributed by atoms with Crippen molar-refractivity contribution < 1.29 is 49.2 Å². The van der Waals surface area contributed by atoms with E-state index in [9.17, 15) is 44.1 Å². The molecule has 0 saturated carbocycles. The van der Waals surface area contributed by atoms with Crippen LogP contribution in [0.5, 0.6) is 5.75 Å². The van der Waals surface area contributed by atoms with Gasteiger partial charge in [-0.1, -0.05) is 12.1 Å². The number of amides is 3. The number of nitrogens with one attached hydrogen (secondary N) is 4. The molecule has 8 N–H and O–H groups in total. The van der Waals surface area contributed by atoms with Crippen LogP contribution in [0.3, 0.4) is 0 Å². The van der Waals surface area contributed by atoms with Crippen molar-refractivity contribution in [1.82, 2.24) is 21.3 Å². The molecule has 1 aromatic rings. The smallest absolute Gasteiger partial charge is 0.326 e. The van der Waals surface area contributed by atoms with Gasteiger partial charge in [0.1, 0.15) is 23.9 Å². The van der Waals surface area contributed by atoms with Gasteiger partial charge >= 0.3 is 17.9 Å². The molecule has 0 radical (unpaired) electrons. The van der Waals surface area contributed by atoms with Gasteiger partial charge in [0.05, 0.1) is 12.5 Å². The number of hydrogen-bond donors (Lipinski definition) is 8. The molecule has 14 heteroatoms. The van der Waals surface area contributed by atoms with Gasteiger partial charge in [0.15, 0.2) is 0 Å². The van der Waals surface area contributed by atoms with E-state index in [0.717, 1.165) is 6.42 Å². The second-order valence-corrected chi connectivity index (χ2v) is 8.57. The van der Waals surface area contributed by atoms with E-state index in [1.165, 1.54) is 24.3 Å². The van der Waals surface area contributed by atoms with E-state index in [0.29, 0.717) is 18.5 Å². The van der Waals surface area contributed by atoms with Crippen molar-refractivity contribution in [3.63, 3.8) is 0 Å². The van der Waals surface area contributed by atoms with E-state index in [2.05, 4.69) is 21.3 Å². The van der Waals surface area contributed by atoms with Crippen LogP contribution in [0.1, 0.15) is 37.7 Å². The molecule has 3 amide bonds. The average Bonchev–Trinajstić information content (AvgIpc) is 3.36. The Morgan fingerprint density at radius 1 is 0.865 bits per heavy atom. The molecule has 0 bridgehead atoms. The predicted octanol–water partition coefficient (Wildman–Crippen LogP) is -1.43. The number of phenols is 1. The molecule has 1 aliphatic rings. The molecule has 2 rings (SSSR count). The number of carbonyl (C=O) groups is 6. The van der Waals surface area contributed by atoms with E-state index in [1.807, 2.05) is 0 Å². The van der Waals surface area contributed by atoms with Crippen LogP contribution >= 0.6 is 0 Å². The first-order chi connectivity index (χ1) is 17.5. The second-order valence-electron chi connectivity index (χ2n) is 8.57. The van der Waals surface area contributed by atoms with Crippen LogP contribution in [0.15, 0.2) is 24.3 Å². The Bertz CT molecular complexity index is 1010. The highest BCUT2D eigenvalue weighted by Crippen LogP contribution is 2.13. The molecule has 14 nitrogen and oxygen atoms in total. The van der Waals surface area contributed by atoms with Crippen molar-refractivity contribution >= 4 is 35.6 Å². The molecule has 0 aromatic heterocycles. The first kappa shape index (κ1) is 29.0. The summed E-state index contributed by atoms with van der Waals surface area (Å²) >= 11 is 0. The minimum atomic E-state index is -1.71. The van der Waals surface area contributed by atoms with Gasteiger partial charge in [0.2, 0.25) is 17.7 Å². The van der Waals surface area contributed by atoms with Crippen LogP contribution in [0, 0.1) is 0 Å². The highest BCUT2D eigenvalue weighted by molar-refractivity contribution is 5.95. The fourth-order valence-electron chi connectivity index (χ4n) is 3.71. The van der Waals surface area contributed by atoms with E-state index >= 15 is 0 Å². The van der Waals surface area contributed by atoms with Crippen molar-refractivity contribution in [2.24, 2.45) is 0 Å². The third-order valence-corrected chi connectivity index (χ3v) is 5.66. The Hall–Kier alpha value is -4.20. The zero-order valence-corrected chi connectivity index (χ0v) is 19.8. The van der Waals surface area contributed by atoms with Crippen molar-refractivity contribution in [2.75, 3.05) is 6.54 Å². The normalized spacial score (nSPS) is 17.1. The van der Waals surface area contributed by atoms with Crippen LogP contribution in [-0.2, 0) is 35.2 Å². The van der Waals surface area contributed by atoms with Gasteiger partial charge in [-0.2, -0.15) is 0 Å². The summed E-state index contributed by atoms with van der Waals surface area (Å²) in [7, 11) is 0. The Morgan fingerprint density at radius 2 is 1.49 bits per heavy atom. The molecule has 1 aliphatic heterocycles. The number of aliphatic carboxylic acids is 3. The maximum atomic E-state index is 13.1. The zero-order valence-electron chi connectivity index (χ0n) is 19.8. The first-order valence-corrected chi connectivity index (χ1v) is 11.5. The lowest BCUT2D eigenvalue weighted by Gasteiger charge is -2.24. The molecule has 1 heterocycles. The summed E-state index contributed by atoms with van der Waals surface area (Å²) in [4.78, 5) is 72.0. The maximum Gasteiger partial charge on any atom is 0.326 e. The van der Waals surface area contributed by atoms with Crippen LogP contribution in [0.2, 0.25) is 0 Å². The van der Waals surface area contributed by atoms with Crippen LogP contribution in [0.4, 0.5) is 0 Å². The lowest BCUT2D eigenvalue weighted by Crippen LogP contribution is -2.58. The minimum Gasteiger partial charge on any atom is -0.508 e. The fraction of sp³-hybridized carbons (Fsp3) is 0.478. The summed E-state index contributed by atoms with van der Waals surface area (Å²) in [5.74, 6) is -6.80. The molecule has 4 atom stereocenters. The summed E-state index contributed by atoms with van der Waals surface area (Å²) < 4.78 is 0. The van der Waals surface area contributed by atoms with Gasteiger partial charge < -0.3 is 41.7 Å². The number of carbonyl (C=O) groups excluding carboxylic acids is 3. The number of benzene rings is 1. The molecular weight excluding hydrogens is 492 g/mol. The summed E-state index contributed by atoms with van der Waals surface area (Å²) in [5.41, 5.74) is 0.552.